The van der Waals surface area contributed by atoms with E-state index in [1.807, 2.05) is 0 Å². The lowest BCUT2D eigenvalue weighted by molar-refractivity contribution is 0.244. The number of nitrogens with two attached hydrogens (primary N) is 1. The first-order valence-corrected chi connectivity index (χ1v) is 7.38. The number of aryl methyl sites for hydroxylation is 1. The Morgan fingerprint density at radius 1 is 1.25 bits per heavy atom. The quantitative estimate of drug-likeness (QED) is 0.872. The van der Waals surface area contributed by atoms with Crippen molar-refractivity contribution in [3.05, 3.63) is 52.8 Å². The van der Waals surface area contributed by atoms with E-state index in [-0.39, 0.29) is 0 Å². The molecular weight excluding hydrogens is 248 g/mol. The number of nitrogens with one attached hydrogen (secondary N) is 1. The lowest BCUT2D eigenvalue weighted by Crippen LogP contribution is -2.30. The van der Waals surface area contributed by atoms with Crippen LogP contribution in [-0.4, -0.2) is 28.2 Å². The van der Waals surface area contributed by atoms with Crippen LogP contribution in [0.15, 0.2) is 30.3 Å². The Bertz CT molecular complexity index is 547. The molecule has 2 heterocycles. The van der Waals surface area contributed by atoms with Gasteiger partial charge in [-0.2, -0.15) is 5.10 Å². The molecule has 0 unspecified atom stereocenters. The molecule has 0 amide bonds. The van der Waals surface area contributed by atoms with Crippen molar-refractivity contribution in [1.29, 1.82) is 0 Å². The highest BCUT2D eigenvalue weighted by Crippen LogP contribution is 2.22. The molecule has 0 saturated carbocycles. The van der Waals surface area contributed by atoms with Crippen LogP contribution in [-0.2, 0) is 25.9 Å². The summed E-state index contributed by atoms with van der Waals surface area (Å²) in [5.74, 6) is 0. The number of hydrogen-bond acceptors (Lipinski definition) is 3. The van der Waals surface area contributed by atoms with Gasteiger partial charge in [-0.3, -0.25) is 10.00 Å². The van der Waals surface area contributed by atoms with E-state index >= 15 is 0 Å². The first-order valence-electron chi connectivity index (χ1n) is 7.38. The summed E-state index contributed by atoms with van der Waals surface area (Å²) in [6.07, 6.45) is 3.06. The maximum absolute atomic E-state index is 5.60. The number of rotatable bonds is 5. The molecule has 0 atom stereocenters. The van der Waals surface area contributed by atoms with E-state index in [9.17, 15) is 0 Å². The van der Waals surface area contributed by atoms with Gasteiger partial charge in [-0.1, -0.05) is 30.3 Å². The first kappa shape index (κ1) is 13.3. The SMILES string of the molecule is NCCCc1n[nH]c2c1CN(Cc1ccccc1)CC2. The normalized spacial score (nSPS) is 15.2. The molecule has 0 bridgehead atoms. The van der Waals surface area contributed by atoms with Gasteiger partial charge in [0.05, 0.1) is 5.69 Å². The zero-order chi connectivity index (χ0) is 13.8. The van der Waals surface area contributed by atoms with E-state index in [1.54, 1.807) is 0 Å². The summed E-state index contributed by atoms with van der Waals surface area (Å²) < 4.78 is 0. The van der Waals surface area contributed by atoms with E-state index in [0.29, 0.717) is 0 Å². The van der Waals surface area contributed by atoms with Gasteiger partial charge in [0, 0.05) is 37.3 Å². The van der Waals surface area contributed by atoms with Crippen molar-refractivity contribution in [3.63, 3.8) is 0 Å². The maximum Gasteiger partial charge on any atom is 0.0670 e. The molecule has 1 aliphatic heterocycles. The van der Waals surface area contributed by atoms with Gasteiger partial charge in [0.15, 0.2) is 0 Å². The molecule has 20 heavy (non-hydrogen) atoms. The molecule has 0 spiro atoms. The van der Waals surface area contributed by atoms with Crippen molar-refractivity contribution >= 4 is 0 Å². The molecule has 0 aliphatic carbocycles. The summed E-state index contributed by atoms with van der Waals surface area (Å²) in [4.78, 5) is 2.50. The molecule has 1 aromatic carbocycles. The molecule has 106 valence electrons. The van der Waals surface area contributed by atoms with Crippen molar-refractivity contribution in [2.75, 3.05) is 13.1 Å². The second-order valence-corrected chi connectivity index (χ2v) is 5.47. The van der Waals surface area contributed by atoms with Crippen LogP contribution in [0.5, 0.6) is 0 Å². The molecule has 2 aromatic rings. The zero-order valence-electron chi connectivity index (χ0n) is 11.8. The van der Waals surface area contributed by atoms with Gasteiger partial charge < -0.3 is 5.73 Å². The predicted octanol–water partition coefficient (Wildman–Crippen LogP) is 1.86. The average molecular weight is 270 g/mol. The minimum absolute atomic E-state index is 0.732. The largest absolute Gasteiger partial charge is 0.330 e. The number of aromatic amines is 1. The minimum atomic E-state index is 0.732. The standard InChI is InChI=1S/C16H22N4/c17-9-4-7-15-14-12-20(10-8-16(14)19-18-15)11-13-5-2-1-3-6-13/h1-3,5-6H,4,7-12,17H2,(H,18,19). The van der Waals surface area contributed by atoms with E-state index in [2.05, 4.69) is 45.4 Å². The highest BCUT2D eigenvalue weighted by Gasteiger charge is 2.21. The summed E-state index contributed by atoms with van der Waals surface area (Å²) in [7, 11) is 0. The number of fused-ring (bicyclic) bond motifs is 1. The Balaban J connectivity index is 1.69. The monoisotopic (exact) mass is 270 g/mol. The fraction of sp³-hybridized carbons (Fsp3) is 0.438. The fourth-order valence-electron chi connectivity index (χ4n) is 2.86. The minimum Gasteiger partial charge on any atom is -0.330 e. The van der Waals surface area contributed by atoms with E-state index in [0.717, 1.165) is 45.4 Å². The molecule has 1 aromatic heterocycles. The molecule has 0 fully saturated rings. The van der Waals surface area contributed by atoms with Gasteiger partial charge in [0.2, 0.25) is 0 Å². The van der Waals surface area contributed by atoms with Crippen molar-refractivity contribution < 1.29 is 0 Å². The van der Waals surface area contributed by atoms with E-state index in [4.69, 9.17) is 5.73 Å². The Labute approximate surface area is 120 Å². The maximum atomic E-state index is 5.60. The van der Waals surface area contributed by atoms with Gasteiger partial charge in [-0.15, -0.1) is 0 Å². The highest BCUT2D eigenvalue weighted by atomic mass is 15.2. The first-order chi connectivity index (χ1) is 9.86. The second-order valence-electron chi connectivity index (χ2n) is 5.47. The Hall–Kier alpha value is -1.65. The van der Waals surface area contributed by atoms with Crippen LogP contribution in [0.1, 0.15) is 28.9 Å². The lowest BCUT2D eigenvalue weighted by Gasteiger charge is -2.27. The third kappa shape index (κ3) is 2.92. The van der Waals surface area contributed by atoms with Crippen LogP contribution in [0.2, 0.25) is 0 Å². The van der Waals surface area contributed by atoms with Crippen LogP contribution in [0.3, 0.4) is 0 Å². The molecule has 1 aliphatic rings. The summed E-state index contributed by atoms with van der Waals surface area (Å²) in [6.45, 7) is 3.85. The number of benzene rings is 1. The smallest absolute Gasteiger partial charge is 0.0670 e. The van der Waals surface area contributed by atoms with Crippen LogP contribution in [0.4, 0.5) is 0 Å². The summed E-state index contributed by atoms with van der Waals surface area (Å²) in [6, 6.07) is 10.7. The Kier molecular flexibility index (Phi) is 4.14. The number of aromatic nitrogens is 2. The van der Waals surface area contributed by atoms with Crippen LogP contribution in [0.25, 0.3) is 0 Å². The Morgan fingerprint density at radius 2 is 2.10 bits per heavy atom. The molecule has 4 heteroatoms. The van der Waals surface area contributed by atoms with E-state index < -0.39 is 0 Å². The zero-order valence-corrected chi connectivity index (χ0v) is 11.8. The summed E-state index contributed by atoms with van der Waals surface area (Å²) >= 11 is 0. The van der Waals surface area contributed by atoms with Crippen LogP contribution in [0, 0.1) is 0 Å². The van der Waals surface area contributed by atoms with Gasteiger partial charge in [0.25, 0.3) is 0 Å². The molecule has 0 saturated heterocycles. The molecule has 0 radical (unpaired) electrons. The van der Waals surface area contributed by atoms with Gasteiger partial charge in [-0.25, -0.2) is 0 Å². The third-order valence-electron chi connectivity index (χ3n) is 3.96. The highest BCUT2D eigenvalue weighted by molar-refractivity contribution is 5.28. The van der Waals surface area contributed by atoms with Crippen LogP contribution >= 0.6 is 0 Å². The molecule has 4 nitrogen and oxygen atoms in total. The Morgan fingerprint density at radius 3 is 2.90 bits per heavy atom. The fourth-order valence-corrected chi connectivity index (χ4v) is 2.86. The molecule has 3 rings (SSSR count). The molecular formula is C16H22N4. The third-order valence-corrected chi connectivity index (χ3v) is 3.96. The van der Waals surface area contributed by atoms with Crippen molar-refractivity contribution in [2.45, 2.75) is 32.4 Å². The van der Waals surface area contributed by atoms with Crippen LogP contribution < -0.4 is 5.73 Å². The average Bonchev–Trinajstić information content (AvgIpc) is 2.89. The predicted molar refractivity (Wildman–Crippen MR) is 80.2 cm³/mol. The van der Waals surface area contributed by atoms with Gasteiger partial charge in [0.1, 0.15) is 0 Å². The van der Waals surface area contributed by atoms with E-state index in [1.165, 1.54) is 22.5 Å². The summed E-state index contributed by atoms with van der Waals surface area (Å²) in [5, 5.41) is 7.67. The van der Waals surface area contributed by atoms with Crippen molar-refractivity contribution in [3.8, 4) is 0 Å². The number of hydrogen-bond donors (Lipinski definition) is 2. The lowest BCUT2D eigenvalue weighted by atomic mass is 10.0. The van der Waals surface area contributed by atoms with Gasteiger partial charge >= 0.3 is 0 Å². The van der Waals surface area contributed by atoms with Gasteiger partial charge in [-0.05, 0) is 24.9 Å². The number of nitrogens with zero attached hydrogens (tertiary/aromatic N) is 2. The molecule has 3 N–H and O–H groups in total. The topological polar surface area (TPSA) is 57.9 Å². The summed E-state index contributed by atoms with van der Waals surface area (Å²) in [5.41, 5.74) is 10.9. The van der Waals surface area contributed by atoms with Crippen molar-refractivity contribution in [2.24, 2.45) is 5.73 Å². The van der Waals surface area contributed by atoms with Crippen molar-refractivity contribution in [1.82, 2.24) is 15.1 Å². The number of H-pyrrole nitrogens is 1. The second kappa shape index (κ2) is 6.20.